The van der Waals surface area contributed by atoms with Crippen LogP contribution in [0.3, 0.4) is 0 Å². The maximum absolute atomic E-state index is 12.0. The zero-order valence-corrected chi connectivity index (χ0v) is 12.4. The monoisotopic (exact) mass is 295 g/mol. The fourth-order valence-corrected chi connectivity index (χ4v) is 2.35. The van der Waals surface area contributed by atoms with Gasteiger partial charge in [0.15, 0.2) is 0 Å². The summed E-state index contributed by atoms with van der Waals surface area (Å²) in [4.78, 5) is 25.5. The molecule has 2 amide bonds. The highest BCUT2D eigenvalue weighted by atomic mass is 35.5. The predicted molar refractivity (Wildman–Crippen MR) is 79.0 cm³/mol. The van der Waals surface area contributed by atoms with E-state index < -0.39 is 11.8 Å². The van der Waals surface area contributed by atoms with E-state index in [1.165, 1.54) is 0 Å². The lowest BCUT2D eigenvalue weighted by molar-refractivity contribution is -0.143. The number of anilines is 1. The van der Waals surface area contributed by atoms with E-state index in [0.29, 0.717) is 36.9 Å². The van der Waals surface area contributed by atoms with Crippen LogP contribution in [-0.2, 0) is 9.59 Å². The molecule has 0 atom stereocenters. The summed E-state index contributed by atoms with van der Waals surface area (Å²) in [6.45, 7) is 6.37. The molecule has 0 spiro atoms. The molecule has 1 heterocycles. The van der Waals surface area contributed by atoms with E-state index in [2.05, 4.69) is 10.6 Å². The second-order valence-electron chi connectivity index (χ2n) is 4.90. The van der Waals surface area contributed by atoms with Crippen molar-refractivity contribution in [3.63, 3.8) is 0 Å². The van der Waals surface area contributed by atoms with Gasteiger partial charge in [0.25, 0.3) is 0 Å². The molecule has 1 aliphatic rings. The van der Waals surface area contributed by atoms with E-state index in [4.69, 9.17) is 11.6 Å². The Balaban J connectivity index is 2.05. The number of halogens is 1. The normalized spacial score (nSPS) is 15.1. The maximum atomic E-state index is 12.0. The molecule has 0 unspecified atom stereocenters. The van der Waals surface area contributed by atoms with Gasteiger partial charge in [-0.25, -0.2) is 0 Å². The third kappa shape index (κ3) is 3.29. The average Bonchev–Trinajstić information content (AvgIpc) is 2.44. The summed E-state index contributed by atoms with van der Waals surface area (Å²) in [5.74, 6) is -1.12. The number of carbonyl (C=O) groups is 2. The average molecular weight is 296 g/mol. The first-order valence-corrected chi connectivity index (χ1v) is 6.94. The topological polar surface area (TPSA) is 61.4 Å². The lowest BCUT2D eigenvalue weighted by atomic mass is 10.1. The quantitative estimate of drug-likeness (QED) is 0.768. The van der Waals surface area contributed by atoms with Gasteiger partial charge in [-0.15, -0.1) is 0 Å². The van der Waals surface area contributed by atoms with Gasteiger partial charge < -0.3 is 15.5 Å². The second-order valence-corrected chi connectivity index (χ2v) is 5.30. The number of amides is 2. The Morgan fingerprint density at radius 3 is 2.50 bits per heavy atom. The summed E-state index contributed by atoms with van der Waals surface area (Å²) >= 11 is 6.08. The first-order chi connectivity index (χ1) is 9.49. The Labute approximate surface area is 123 Å². The molecule has 1 aromatic carbocycles. The predicted octanol–water partition coefficient (Wildman–Crippen LogP) is 1.33. The zero-order chi connectivity index (χ0) is 14.7. The third-order valence-electron chi connectivity index (χ3n) is 3.46. The SMILES string of the molecule is Cc1cc(NC(=O)C(=O)N2CCNCC2)cc(Cl)c1C. The van der Waals surface area contributed by atoms with Crippen molar-refractivity contribution in [1.29, 1.82) is 0 Å². The van der Waals surface area contributed by atoms with Crippen molar-refractivity contribution in [2.24, 2.45) is 0 Å². The first-order valence-electron chi connectivity index (χ1n) is 6.57. The molecule has 0 saturated carbocycles. The minimum Gasteiger partial charge on any atom is -0.332 e. The summed E-state index contributed by atoms with van der Waals surface area (Å²) in [5, 5.41) is 6.33. The minimum atomic E-state index is -0.619. The number of carbonyl (C=O) groups excluding carboxylic acids is 2. The molecular formula is C14H18ClN3O2. The van der Waals surface area contributed by atoms with E-state index in [0.717, 1.165) is 11.1 Å². The van der Waals surface area contributed by atoms with Crippen LogP contribution < -0.4 is 10.6 Å². The van der Waals surface area contributed by atoms with Crippen molar-refractivity contribution in [2.45, 2.75) is 13.8 Å². The van der Waals surface area contributed by atoms with Gasteiger partial charge in [-0.2, -0.15) is 0 Å². The Kier molecular flexibility index (Phi) is 4.62. The van der Waals surface area contributed by atoms with Crippen LogP contribution in [0.25, 0.3) is 0 Å². The van der Waals surface area contributed by atoms with Crippen LogP contribution in [0.5, 0.6) is 0 Å². The van der Waals surface area contributed by atoms with E-state index in [9.17, 15) is 9.59 Å². The lowest BCUT2D eigenvalue weighted by Gasteiger charge is -2.26. The number of nitrogens with zero attached hydrogens (tertiary/aromatic N) is 1. The summed E-state index contributed by atoms with van der Waals surface area (Å²) in [6, 6.07) is 3.47. The van der Waals surface area contributed by atoms with Crippen LogP contribution in [0.2, 0.25) is 5.02 Å². The van der Waals surface area contributed by atoms with Gasteiger partial charge in [0, 0.05) is 36.9 Å². The van der Waals surface area contributed by atoms with Crippen LogP contribution in [0.1, 0.15) is 11.1 Å². The molecule has 108 valence electrons. The van der Waals surface area contributed by atoms with Crippen molar-refractivity contribution >= 4 is 29.1 Å². The summed E-state index contributed by atoms with van der Waals surface area (Å²) in [7, 11) is 0. The Morgan fingerprint density at radius 2 is 1.90 bits per heavy atom. The van der Waals surface area contributed by atoms with Gasteiger partial charge in [0.2, 0.25) is 0 Å². The van der Waals surface area contributed by atoms with Crippen molar-refractivity contribution < 1.29 is 9.59 Å². The lowest BCUT2D eigenvalue weighted by Crippen LogP contribution is -2.49. The molecule has 1 fully saturated rings. The first kappa shape index (κ1) is 14.8. The zero-order valence-electron chi connectivity index (χ0n) is 11.6. The molecule has 1 aromatic rings. The van der Waals surface area contributed by atoms with Crippen molar-refractivity contribution in [3.05, 3.63) is 28.3 Å². The van der Waals surface area contributed by atoms with Gasteiger partial charge in [-0.3, -0.25) is 9.59 Å². The number of hydrogen-bond acceptors (Lipinski definition) is 3. The van der Waals surface area contributed by atoms with E-state index >= 15 is 0 Å². The number of aryl methyl sites for hydroxylation is 1. The largest absolute Gasteiger partial charge is 0.332 e. The second kappa shape index (κ2) is 6.24. The number of benzene rings is 1. The Bertz CT molecular complexity index is 516. The molecule has 6 heteroatoms. The minimum absolute atomic E-state index is 0.499. The van der Waals surface area contributed by atoms with Crippen LogP contribution >= 0.6 is 11.6 Å². The molecule has 0 radical (unpaired) electrons. The van der Waals surface area contributed by atoms with Crippen molar-refractivity contribution in [2.75, 3.05) is 31.5 Å². The van der Waals surface area contributed by atoms with Crippen LogP contribution in [0.4, 0.5) is 5.69 Å². The van der Waals surface area contributed by atoms with Gasteiger partial charge >= 0.3 is 11.8 Å². The van der Waals surface area contributed by atoms with Crippen LogP contribution in [0, 0.1) is 13.8 Å². The van der Waals surface area contributed by atoms with E-state index in [1.807, 2.05) is 19.9 Å². The number of rotatable bonds is 1. The molecule has 1 aliphatic heterocycles. The molecule has 2 N–H and O–H groups in total. The molecule has 0 bridgehead atoms. The van der Waals surface area contributed by atoms with Gasteiger partial charge in [0.05, 0.1) is 0 Å². The summed E-state index contributed by atoms with van der Waals surface area (Å²) < 4.78 is 0. The molecule has 1 saturated heterocycles. The molecular weight excluding hydrogens is 278 g/mol. The van der Waals surface area contributed by atoms with E-state index in [-0.39, 0.29) is 0 Å². The fraction of sp³-hybridized carbons (Fsp3) is 0.429. The number of nitrogens with one attached hydrogen (secondary N) is 2. The van der Waals surface area contributed by atoms with Gasteiger partial charge in [-0.05, 0) is 37.1 Å². The summed E-state index contributed by atoms with van der Waals surface area (Å²) in [6.07, 6.45) is 0. The molecule has 2 rings (SSSR count). The van der Waals surface area contributed by atoms with Crippen molar-refractivity contribution in [3.8, 4) is 0 Å². The van der Waals surface area contributed by atoms with Crippen molar-refractivity contribution in [1.82, 2.24) is 10.2 Å². The Hall–Kier alpha value is -1.59. The highest BCUT2D eigenvalue weighted by molar-refractivity contribution is 6.39. The molecule has 0 aromatic heterocycles. The maximum Gasteiger partial charge on any atom is 0.313 e. The van der Waals surface area contributed by atoms with Crippen LogP contribution in [0.15, 0.2) is 12.1 Å². The standard InChI is InChI=1S/C14H18ClN3O2/c1-9-7-11(8-12(15)10(9)2)17-13(19)14(20)18-5-3-16-4-6-18/h7-8,16H,3-6H2,1-2H3,(H,17,19). The van der Waals surface area contributed by atoms with E-state index in [1.54, 1.807) is 11.0 Å². The Morgan fingerprint density at radius 1 is 1.25 bits per heavy atom. The highest BCUT2D eigenvalue weighted by Gasteiger charge is 2.23. The fourth-order valence-electron chi connectivity index (χ4n) is 2.08. The molecule has 20 heavy (non-hydrogen) atoms. The van der Waals surface area contributed by atoms with Gasteiger partial charge in [0.1, 0.15) is 0 Å². The highest BCUT2D eigenvalue weighted by Crippen LogP contribution is 2.24. The number of piperazine rings is 1. The molecule has 0 aliphatic carbocycles. The van der Waals surface area contributed by atoms with Crippen LogP contribution in [-0.4, -0.2) is 42.9 Å². The van der Waals surface area contributed by atoms with Gasteiger partial charge in [-0.1, -0.05) is 11.6 Å². The smallest absolute Gasteiger partial charge is 0.313 e. The molecule has 5 nitrogen and oxygen atoms in total. The number of hydrogen-bond donors (Lipinski definition) is 2. The summed E-state index contributed by atoms with van der Waals surface area (Å²) in [5.41, 5.74) is 2.49. The third-order valence-corrected chi connectivity index (χ3v) is 3.85.